The van der Waals surface area contributed by atoms with E-state index < -0.39 is 17.8 Å². The van der Waals surface area contributed by atoms with Gasteiger partial charge in [0.1, 0.15) is 5.76 Å². The van der Waals surface area contributed by atoms with Gasteiger partial charge in [0.05, 0.1) is 23.8 Å². The number of anilines is 1. The molecule has 4 aromatic rings. The number of nitrogens with zero attached hydrogens (tertiary/aromatic N) is 1. The molecule has 5 rings (SSSR count). The maximum Gasteiger partial charge on any atom is 0.338 e. The first kappa shape index (κ1) is 27.6. The number of ether oxygens (including phenoxy) is 1. The molecule has 208 valence electrons. The third kappa shape index (κ3) is 6.11. The second-order valence-electron chi connectivity index (χ2n) is 9.75. The number of hydrazone groups is 1. The lowest BCUT2D eigenvalue weighted by molar-refractivity contribution is -0.121. The Kier molecular flexibility index (Phi) is 8.39. The van der Waals surface area contributed by atoms with E-state index in [1.165, 1.54) is 0 Å². The summed E-state index contributed by atoms with van der Waals surface area (Å²) >= 11 is 0. The van der Waals surface area contributed by atoms with Crippen LogP contribution < -0.4 is 10.7 Å². The molecule has 1 aliphatic carbocycles. The molecule has 1 heterocycles. The summed E-state index contributed by atoms with van der Waals surface area (Å²) in [6.07, 6.45) is 2.10. The third-order valence-electron chi connectivity index (χ3n) is 7.01. The van der Waals surface area contributed by atoms with E-state index in [1.807, 2.05) is 67.6 Å². The third-order valence-corrected chi connectivity index (χ3v) is 7.01. The normalized spacial score (nSPS) is 13.5. The predicted octanol–water partition coefficient (Wildman–Crippen LogP) is 6.01. The summed E-state index contributed by atoms with van der Waals surface area (Å²) in [6.45, 7) is 3.85. The van der Waals surface area contributed by atoms with Crippen molar-refractivity contribution in [2.24, 2.45) is 5.10 Å². The van der Waals surface area contributed by atoms with E-state index in [-0.39, 0.29) is 18.3 Å². The zero-order valence-electron chi connectivity index (χ0n) is 23.0. The number of amides is 2. The zero-order chi connectivity index (χ0) is 28.8. The predicted molar refractivity (Wildman–Crippen MR) is 156 cm³/mol. The molecule has 2 amide bonds. The van der Waals surface area contributed by atoms with E-state index in [2.05, 4.69) is 15.8 Å². The highest BCUT2D eigenvalue weighted by Gasteiger charge is 2.29. The largest absolute Gasteiger partial charge is 0.462 e. The zero-order valence-corrected chi connectivity index (χ0v) is 23.0. The number of hydrogen-bond donors (Lipinski definition) is 2. The average Bonchev–Trinajstić information content (AvgIpc) is 3.35. The van der Waals surface area contributed by atoms with Gasteiger partial charge in [-0.2, -0.15) is 5.10 Å². The maximum absolute atomic E-state index is 13.5. The molecule has 0 saturated carbocycles. The number of esters is 1. The molecule has 0 unspecified atom stereocenters. The van der Waals surface area contributed by atoms with Crippen molar-refractivity contribution in [1.29, 1.82) is 0 Å². The van der Waals surface area contributed by atoms with Crippen LogP contribution in [0.25, 0.3) is 0 Å². The van der Waals surface area contributed by atoms with Crippen LogP contribution in [0.3, 0.4) is 0 Å². The van der Waals surface area contributed by atoms with Crippen molar-refractivity contribution >= 4 is 29.2 Å². The minimum atomic E-state index is -0.521. The molecule has 1 aliphatic rings. The van der Waals surface area contributed by atoms with Crippen LogP contribution in [0.15, 0.2) is 94.4 Å². The maximum atomic E-state index is 13.5. The Morgan fingerprint density at radius 2 is 1.54 bits per heavy atom. The Labute approximate surface area is 238 Å². The van der Waals surface area contributed by atoms with Gasteiger partial charge in [0.15, 0.2) is 5.76 Å². The second-order valence-corrected chi connectivity index (χ2v) is 9.75. The number of rotatable bonds is 8. The fourth-order valence-corrected chi connectivity index (χ4v) is 5.06. The smallest absolute Gasteiger partial charge is 0.338 e. The van der Waals surface area contributed by atoms with E-state index in [0.29, 0.717) is 41.1 Å². The highest BCUT2D eigenvalue weighted by molar-refractivity contribution is 6.09. The molecule has 8 nitrogen and oxygen atoms in total. The van der Waals surface area contributed by atoms with Crippen LogP contribution in [0, 0.1) is 6.92 Å². The Balaban J connectivity index is 1.35. The van der Waals surface area contributed by atoms with Crippen LogP contribution in [0.5, 0.6) is 0 Å². The van der Waals surface area contributed by atoms with Crippen molar-refractivity contribution in [1.82, 2.24) is 5.43 Å². The molecule has 0 aliphatic heterocycles. The van der Waals surface area contributed by atoms with Crippen LogP contribution >= 0.6 is 0 Å². The molecule has 1 aromatic heterocycles. The number of nitrogens with one attached hydrogen (secondary N) is 2. The summed E-state index contributed by atoms with van der Waals surface area (Å²) in [5.74, 6) is -0.724. The molecule has 0 bridgehead atoms. The van der Waals surface area contributed by atoms with Crippen LogP contribution in [0.2, 0.25) is 0 Å². The molecule has 0 saturated heterocycles. The van der Waals surface area contributed by atoms with Gasteiger partial charge < -0.3 is 14.5 Å². The molecular formula is C33H31N3O5. The molecular weight excluding hydrogens is 518 g/mol. The van der Waals surface area contributed by atoms with Gasteiger partial charge in [-0.25, -0.2) is 10.2 Å². The standard InChI is InChI=1S/C33H31N3O5/c1-3-40-33(39)24-17-19-25(20-18-24)34-32(38)30-21(2)28-26(15-10-16-27(28)41-30)35-36-31(37)29(22-11-6-4-7-12-22)23-13-8-5-9-14-23/h4-9,11-14,17-20,29H,3,10,15-16H2,1-2H3,(H,34,38)(H,36,37)/b35-26+. The Hall–Kier alpha value is -4.98. The fraction of sp³-hybridized carbons (Fsp3) is 0.212. The lowest BCUT2D eigenvalue weighted by Gasteiger charge is -2.18. The number of hydrogen-bond acceptors (Lipinski definition) is 6. The van der Waals surface area contributed by atoms with Crippen molar-refractivity contribution in [2.75, 3.05) is 11.9 Å². The first-order valence-corrected chi connectivity index (χ1v) is 13.6. The number of carbonyl (C=O) groups excluding carboxylic acids is 3. The molecule has 41 heavy (non-hydrogen) atoms. The SMILES string of the molecule is CCOC(=O)c1ccc(NC(=O)c2oc3c(c2C)/C(=N/NC(=O)C(c2ccccc2)c2ccccc2)CCC3)cc1. The summed E-state index contributed by atoms with van der Waals surface area (Å²) < 4.78 is 11.0. The van der Waals surface area contributed by atoms with Crippen molar-refractivity contribution in [2.45, 2.75) is 39.0 Å². The quantitative estimate of drug-likeness (QED) is 0.207. The molecule has 0 radical (unpaired) electrons. The second kappa shape index (κ2) is 12.5. The van der Waals surface area contributed by atoms with E-state index in [1.54, 1.807) is 31.2 Å². The van der Waals surface area contributed by atoms with Gasteiger partial charge in [-0.15, -0.1) is 0 Å². The van der Waals surface area contributed by atoms with Gasteiger partial charge in [-0.05, 0) is 62.1 Å². The molecule has 8 heteroatoms. The van der Waals surface area contributed by atoms with E-state index in [4.69, 9.17) is 9.15 Å². The monoisotopic (exact) mass is 549 g/mol. The summed E-state index contributed by atoms with van der Waals surface area (Å²) in [6, 6.07) is 25.7. The Morgan fingerprint density at radius 3 is 2.15 bits per heavy atom. The number of fused-ring (bicyclic) bond motifs is 1. The summed E-state index contributed by atoms with van der Waals surface area (Å²) in [5.41, 5.74) is 7.55. The highest BCUT2D eigenvalue weighted by atomic mass is 16.5. The van der Waals surface area contributed by atoms with Gasteiger partial charge >= 0.3 is 5.97 Å². The topological polar surface area (TPSA) is 110 Å². The fourth-order valence-electron chi connectivity index (χ4n) is 5.06. The minimum absolute atomic E-state index is 0.192. The van der Waals surface area contributed by atoms with E-state index in [9.17, 15) is 14.4 Å². The molecule has 0 fully saturated rings. The highest BCUT2D eigenvalue weighted by Crippen LogP contribution is 2.31. The van der Waals surface area contributed by atoms with Gasteiger partial charge in [-0.3, -0.25) is 9.59 Å². The number of benzene rings is 3. The number of carbonyl (C=O) groups is 3. The average molecular weight is 550 g/mol. The van der Waals surface area contributed by atoms with E-state index in [0.717, 1.165) is 23.1 Å². The first-order valence-electron chi connectivity index (χ1n) is 13.6. The van der Waals surface area contributed by atoms with Gasteiger partial charge in [0, 0.05) is 23.2 Å². The van der Waals surface area contributed by atoms with Crippen molar-refractivity contribution in [3.63, 3.8) is 0 Å². The van der Waals surface area contributed by atoms with Crippen LogP contribution in [-0.4, -0.2) is 30.1 Å². The number of furan rings is 1. The van der Waals surface area contributed by atoms with Crippen molar-refractivity contribution in [3.8, 4) is 0 Å². The van der Waals surface area contributed by atoms with Crippen molar-refractivity contribution < 1.29 is 23.5 Å². The Morgan fingerprint density at radius 1 is 0.902 bits per heavy atom. The van der Waals surface area contributed by atoms with Crippen LogP contribution in [0.1, 0.15) is 74.6 Å². The summed E-state index contributed by atoms with van der Waals surface area (Å²) in [7, 11) is 0. The van der Waals surface area contributed by atoms with Crippen molar-refractivity contribution in [3.05, 3.63) is 124 Å². The van der Waals surface area contributed by atoms with Gasteiger partial charge in [0.25, 0.3) is 11.8 Å². The lowest BCUT2D eigenvalue weighted by Crippen LogP contribution is -2.28. The van der Waals surface area contributed by atoms with Crippen LogP contribution in [0.4, 0.5) is 5.69 Å². The van der Waals surface area contributed by atoms with E-state index >= 15 is 0 Å². The van der Waals surface area contributed by atoms with Gasteiger partial charge in [-0.1, -0.05) is 60.7 Å². The summed E-state index contributed by atoms with van der Waals surface area (Å²) in [5, 5.41) is 7.37. The molecule has 0 atom stereocenters. The molecule has 3 aromatic carbocycles. The van der Waals surface area contributed by atoms with Crippen LogP contribution in [-0.2, 0) is 16.0 Å². The first-order chi connectivity index (χ1) is 20.0. The Bertz CT molecular complexity index is 1540. The molecule has 0 spiro atoms. The lowest BCUT2D eigenvalue weighted by atomic mass is 9.90. The van der Waals surface area contributed by atoms with Gasteiger partial charge in [0.2, 0.25) is 0 Å². The minimum Gasteiger partial charge on any atom is -0.462 e. The number of aryl methyl sites for hydroxylation is 1. The molecule has 2 N–H and O–H groups in total. The summed E-state index contributed by atoms with van der Waals surface area (Å²) in [4.78, 5) is 38.5.